The molecule has 5 rings (SSSR count). The first kappa shape index (κ1) is 25.2. The van der Waals surface area contributed by atoms with E-state index in [-0.39, 0.29) is 20.1 Å². The average molecular weight is 721 g/mol. The Morgan fingerprint density at radius 2 is 1.70 bits per heavy atom. The summed E-state index contributed by atoms with van der Waals surface area (Å²) in [5, 5.41) is 0. The van der Waals surface area contributed by atoms with Gasteiger partial charge in [-0.15, -0.1) is 70.2 Å². The van der Waals surface area contributed by atoms with E-state index >= 15 is 0 Å². The van der Waals surface area contributed by atoms with E-state index in [1.165, 1.54) is 9.13 Å². The number of hydrogen-bond donors (Lipinski definition) is 0. The first-order chi connectivity index (χ1) is 15.7. The van der Waals surface area contributed by atoms with E-state index in [0.29, 0.717) is 0 Å². The minimum atomic E-state index is 0. The molecule has 0 saturated heterocycles. The minimum Gasteiger partial charge on any atom is -0.508 e. The molecule has 0 spiro atoms. The molecule has 3 aromatic carbocycles. The minimum absolute atomic E-state index is 0. The second kappa shape index (κ2) is 12.7. The molecule has 166 valence electrons. The van der Waals surface area contributed by atoms with Crippen LogP contribution in [0.5, 0.6) is 0 Å². The Morgan fingerprint density at radius 3 is 2.30 bits per heavy atom. The number of rotatable bonds is 4. The first-order valence-electron chi connectivity index (χ1n) is 10.5. The van der Waals surface area contributed by atoms with E-state index in [0.717, 1.165) is 29.1 Å². The number of aromatic nitrogens is 1. The number of halogens is 1. The van der Waals surface area contributed by atoms with Gasteiger partial charge >= 0.3 is 20.1 Å². The van der Waals surface area contributed by atoms with Gasteiger partial charge in [-0.1, -0.05) is 53.0 Å². The maximum atomic E-state index is 4.49. The third-order valence-corrected chi connectivity index (χ3v) is 5.62. The summed E-state index contributed by atoms with van der Waals surface area (Å²) in [6.45, 7) is 5.19. The van der Waals surface area contributed by atoms with Gasteiger partial charge in [0.05, 0.1) is 0 Å². The molecule has 4 aromatic rings. The van der Waals surface area contributed by atoms with E-state index in [9.17, 15) is 0 Å². The van der Waals surface area contributed by atoms with E-state index < -0.39 is 0 Å². The molecule has 0 saturated carbocycles. The largest absolute Gasteiger partial charge is 3.00 e. The van der Waals surface area contributed by atoms with Crippen molar-refractivity contribution in [3.05, 3.63) is 126 Å². The average Bonchev–Trinajstić information content (AvgIpc) is 3.36. The van der Waals surface area contributed by atoms with Crippen molar-refractivity contribution in [2.45, 2.75) is 6.92 Å². The van der Waals surface area contributed by atoms with Gasteiger partial charge in [0.25, 0.3) is 0 Å². The third kappa shape index (κ3) is 7.00. The molecule has 0 atom stereocenters. The van der Waals surface area contributed by atoms with Crippen LogP contribution in [0.2, 0.25) is 0 Å². The Hall–Kier alpha value is -2.47. The molecule has 0 aliphatic carbocycles. The smallest absolute Gasteiger partial charge is 0.508 e. The van der Waals surface area contributed by atoms with Crippen LogP contribution in [-0.4, -0.2) is 16.4 Å². The number of nitrogens with zero attached hydrogens (tertiary/aromatic N) is 3. The van der Waals surface area contributed by atoms with Crippen LogP contribution in [0.15, 0.2) is 104 Å². The number of anilines is 1. The molecule has 2 heterocycles. The summed E-state index contributed by atoms with van der Waals surface area (Å²) in [4.78, 5) is 8.69. The summed E-state index contributed by atoms with van der Waals surface area (Å²) in [5.41, 5.74) is 5.38. The van der Waals surface area contributed by atoms with Gasteiger partial charge in [0.15, 0.2) is 0 Å². The second-order valence-corrected chi connectivity index (χ2v) is 8.36. The second-order valence-electron chi connectivity index (χ2n) is 7.12. The predicted molar refractivity (Wildman–Crippen MR) is 140 cm³/mol. The van der Waals surface area contributed by atoms with Gasteiger partial charge in [0, 0.05) is 6.20 Å². The van der Waals surface area contributed by atoms with E-state index in [2.05, 4.69) is 99.6 Å². The quantitative estimate of drug-likeness (QED) is 0.167. The van der Waals surface area contributed by atoms with Crippen LogP contribution in [-0.2, 0) is 20.1 Å². The van der Waals surface area contributed by atoms with Gasteiger partial charge in [-0.3, -0.25) is 0 Å². The van der Waals surface area contributed by atoms with Crippen molar-refractivity contribution in [3.8, 4) is 22.4 Å². The van der Waals surface area contributed by atoms with Crippen molar-refractivity contribution < 1.29 is 20.1 Å². The van der Waals surface area contributed by atoms with Gasteiger partial charge < -0.3 is 14.8 Å². The van der Waals surface area contributed by atoms with Gasteiger partial charge in [0.1, 0.15) is 0 Å². The third-order valence-electron chi connectivity index (χ3n) is 4.95. The van der Waals surface area contributed by atoms with E-state index in [1.54, 1.807) is 0 Å². The summed E-state index contributed by atoms with van der Waals surface area (Å²) in [6.07, 6.45) is 6.01. The van der Waals surface area contributed by atoms with Crippen molar-refractivity contribution in [3.63, 3.8) is 0 Å². The Morgan fingerprint density at radius 1 is 0.879 bits per heavy atom. The molecule has 1 aliphatic heterocycles. The first-order valence-corrected chi connectivity index (χ1v) is 11.5. The van der Waals surface area contributed by atoms with Crippen LogP contribution in [0.25, 0.3) is 22.4 Å². The maximum Gasteiger partial charge on any atom is 3.00 e. The maximum absolute atomic E-state index is 4.49. The molecule has 33 heavy (non-hydrogen) atoms. The molecule has 3 nitrogen and oxygen atoms in total. The van der Waals surface area contributed by atoms with Crippen LogP contribution in [0.4, 0.5) is 5.69 Å². The molecule has 0 N–H and O–H groups in total. The SMILES string of the molecule is CCN1C=CN(c2[c-]cc(I)cc2)[CH-]1.[Ir+3].[c-]1ccccc1-c1ccc(-c2ccccc2)cn1. The molecule has 1 aromatic heterocycles. The fourth-order valence-corrected chi connectivity index (χ4v) is 3.52. The van der Waals surface area contributed by atoms with Crippen LogP contribution in [0.3, 0.4) is 0 Å². The summed E-state index contributed by atoms with van der Waals surface area (Å²) in [6, 6.07) is 34.8. The monoisotopic (exact) mass is 721 g/mol. The van der Waals surface area contributed by atoms with Crippen molar-refractivity contribution >= 4 is 28.3 Å². The van der Waals surface area contributed by atoms with Crippen molar-refractivity contribution in [1.82, 2.24) is 9.88 Å². The normalized spacial score (nSPS) is 12.1. The fourth-order valence-electron chi connectivity index (χ4n) is 3.19. The molecular formula is C28H23IIrN3. The van der Waals surface area contributed by atoms with Crippen LogP contribution in [0, 0.1) is 22.4 Å². The number of hydrogen-bond acceptors (Lipinski definition) is 3. The molecule has 0 bridgehead atoms. The number of benzene rings is 3. The Bertz CT molecular complexity index is 1070. The molecular weight excluding hydrogens is 697 g/mol. The van der Waals surface area contributed by atoms with Crippen molar-refractivity contribution in [2.24, 2.45) is 0 Å². The number of pyridine rings is 1. The van der Waals surface area contributed by atoms with E-state index in [1.807, 2.05) is 67.0 Å². The molecule has 0 radical (unpaired) electrons. The van der Waals surface area contributed by atoms with Gasteiger partial charge in [-0.25, -0.2) is 0 Å². The van der Waals surface area contributed by atoms with Crippen molar-refractivity contribution in [1.29, 1.82) is 0 Å². The topological polar surface area (TPSA) is 19.4 Å². The molecule has 0 fully saturated rings. The zero-order valence-electron chi connectivity index (χ0n) is 18.2. The molecule has 5 heteroatoms. The zero-order chi connectivity index (χ0) is 22.2. The molecule has 0 unspecified atom stereocenters. The summed E-state index contributed by atoms with van der Waals surface area (Å²) >= 11 is 2.28. The summed E-state index contributed by atoms with van der Waals surface area (Å²) < 4.78 is 1.21. The standard InChI is InChI=1S/C17H12N.C11H11IN2.Ir/c1-3-7-14(8-4-1)16-11-12-17(18-13-16)15-9-5-2-6-10-15;1-2-13-7-8-14(9-13)11-5-3-10(12)4-6-11;/h1-9,11-13H;3-5,7-9H,2H2,1H3;/q-1;-2;+3. The van der Waals surface area contributed by atoms with E-state index in [4.69, 9.17) is 0 Å². The Labute approximate surface area is 223 Å². The van der Waals surface area contributed by atoms with Gasteiger partial charge in [0.2, 0.25) is 0 Å². The Balaban J connectivity index is 0.000000186. The Kier molecular flexibility index (Phi) is 9.67. The predicted octanol–water partition coefficient (Wildman–Crippen LogP) is 7.04. The van der Waals surface area contributed by atoms with Crippen LogP contribution in [0.1, 0.15) is 6.92 Å². The zero-order valence-corrected chi connectivity index (χ0v) is 22.7. The summed E-state index contributed by atoms with van der Waals surface area (Å²) in [7, 11) is 0. The van der Waals surface area contributed by atoms with Crippen molar-refractivity contribution in [2.75, 3.05) is 11.4 Å². The fraction of sp³-hybridized carbons (Fsp3) is 0.0714. The van der Waals surface area contributed by atoms with Gasteiger partial charge in [-0.2, -0.15) is 24.9 Å². The van der Waals surface area contributed by atoms with Crippen LogP contribution >= 0.6 is 22.6 Å². The van der Waals surface area contributed by atoms with Crippen LogP contribution < -0.4 is 4.90 Å². The summed E-state index contributed by atoms with van der Waals surface area (Å²) in [5.74, 6) is 0. The van der Waals surface area contributed by atoms with Gasteiger partial charge in [-0.05, 0) is 35.8 Å². The molecule has 1 aliphatic rings. The molecule has 0 amide bonds.